The molecule has 0 radical (unpaired) electrons. The molecule has 2 aromatic carbocycles. The molecule has 0 spiro atoms. The fraction of sp³-hybridized carbons (Fsp3) is 0.231. The third-order valence-electron chi connectivity index (χ3n) is 7.14. The van der Waals surface area contributed by atoms with Crippen LogP contribution in [-0.2, 0) is 11.3 Å². The van der Waals surface area contributed by atoms with Gasteiger partial charge < -0.3 is 14.2 Å². The van der Waals surface area contributed by atoms with Crippen molar-refractivity contribution in [1.29, 1.82) is 0 Å². The minimum atomic E-state index is -0.244. The molecule has 160 valence electrons. The highest BCUT2D eigenvalue weighted by atomic mass is 31.0. The fourth-order valence-electron chi connectivity index (χ4n) is 5.88. The van der Waals surface area contributed by atoms with Crippen LogP contribution in [0.25, 0.3) is 44.9 Å². The minimum absolute atomic E-state index is 0.00451. The highest BCUT2D eigenvalue weighted by Gasteiger charge is 2.38. The number of benzene rings is 2. The fourth-order valence-corrected chi connectivity index (χ4v) is 6.19. The summed E-state index contributed by atoms with van der Waals surface area (Å²) in [5, 5.41) is 2.95. The number of nitrogens with one attached hydrogen (secondary N) is 1. The highest BCUT2D eigenvalue weighted by molar-refractivity contribution is 7.14. The van der Waals surface area contributed by atoms with E-state index in [0.717, 1.165) is 61.5 Å². The number of aromatic amines is 1. The third kappa shape index (κ3) is 2.32. The number of H-pyrrole nitrogens is 1. The first-order valence-electron chi connectivity index (χ1n) is 10.9. The number of Topliss-reactive ketones (excluding diaryl/α,β-unsaturated/α-hetero) is 1. The van der Waals surface area contributed by atoms with Crippen molar-refractivity contribution in [2.45, 2.75) is 32.4 Å². The Morgan fingerprint density at radius 3 is 2.62 bits per heavy atom. The van der Waals surface area contributed by atoms with Crippen LogP contribution in [-0.4, -0.2) is 25.9 Å². The van der Waals surface area contributed by atoms with Crippen molar-refractivity contribution in [3.05, 3.63) is 59.8 Å². The monoisotopic (exact) mass is 441 g/mol. The van der Waals surface area contributed by atoms with E-state index in [4.69, 9.17) is 0 Å². The molecule has 6 heteroatoms. The second-order valence-electron chi connectivity index (χ2n) is 9.04. The molecule has 2 aliphatic rings. The van der Waals surface area contributed by atoms with Crippen molar-refractivity contribution in [2.24, 2.45) is 5.92 Å². The minimum Gasteiger partial charge on any atom is -0.353 e. The number of ketones is 1. The van der Waals surface area contributed by atoms with Crippen LogP contribution in [0.2, 0.25) is 0 Å². The lowest BCUT2D eigenvalue weighted by Crippen LogP contribution is -2.15. The maximum absolute atomic E-state index is 13.3. The number of hydrogen-bond donors (Lipinski definition) is 1. The summed E-state index contributed by atoms with van der Waals surface area (Å²) in [5.41, 5.74) is 6.41. The number of hydrogen-bond acceptors (Lipinski definition) is 2. The summed E-state index contributed by atoms with van der Waals surface area (Å²) in [6.07, 6.45) is 5.04. The standard InChI is InChI=1S/C26H24N3O2P/c1-4-14-18(5-2)29(19-10-13(3)11-20(19)30)25-21(14)16-12-28(32)26(31)23(16)22-15-8-6-7-9-17(15)27-24(22)25/h4-9,13,19,27H,1-2,10-12,32H2,3H3. The van der Waals surface area contributed by atoms with Crippen LogP contribution in [0.15, 0.2) is 37.4 Å². The Balaban J connectivity index is 1.90. The van der Waals surface area contributed by atoms with Crippen LogP contribution in [0.5, 0.6) is 0 Å². The van der Waals surface area contributed by atoms with Crippen molar-refractivity contribution < 1.29 is 9.59 Å². The van der Waals surface area contributed by atoms with Gasteiger partial charge in [0.25, 0.3) is 5.91 Å². The SMILES string of the molecule is C=Cc1c(C=C)n(C2CC(C)CC2=O)c2c1c1c(c3c4ccccc4[nH]c32)C(=O)N(P)C1. The van der Waals surface area contributed by atoms with Crippen molar-refractivity contribution >= 4 is 65.9 Å². The van der Waals surface area contributed by atoms with E-state index in [1.165, 1.54) is 0 Å². The Labute approximate surface area is 188 Å². The van der Waals surface area contributed by atoms with E-state index in [-0.39, 0.29) is 17.7 Å². The molecule has 1 N–H and O–H groups in total. The number of carbonyl (C=O) groups excluding carboxylic acids is 2. The Hall–Kier alpha value is -3.17. The third-order valence-corrected chi connectivity index (χ3v) is 7.56. The maximum Gasteiger partial charge on any atom is 0.258 e. The van der Waals surface area contributed by atoms with Gasteiger partial charge in [0.2, 0.25) is 0 Å². The summed E-state index contributed by atoms with van der Waals surface area (Å²) < 4.78 is 3.85. The van der Waals surface area contributed by atoms with Crippen molar-refractivity contribution in [1.82, 2.24) is 14.2 Å². The van der Waals surface area contributed by atoms with Gasteiger partial charge in [-0.15, -0.1) is 0 Å². The summed E-state index contributed by atoms with van der Waals surface area (Å²) >= 11 is 0. The van der Waals surface area contributed by atoms with E-state index < -0.39 is 0 Å². The molecule has 6 rings (SSSR count). The molecule has 1 amide bonds. The molecule has 1 fully saturated rings. The smallest absolute Gasteiger partial charge is 0.258 e. The van der Waals surface area contributed by atoms with Crippen molar-refractivity contribution in [2.75, 3.05) is 0 Å². The molecule has 3 atom stereocenters. The Morgan fingerprint density at radius 2 is 1.94 bits per heavy atom. The van der Waals surface area contributed by atoms with Crippen LogP contribution in [0.3, 0.4) is 0 Å². The molecule has 0 bridgehead atoms. The van der Waals surface area contributed by atoms with Gasteiger partial charge in [0.1, 0.15) is 0 Å². The molecule has 3 unspecified atom stereocenters. The lowest BCUT2D eigenvalue weighted by molar-refractivity contribution is -0.120. The molecule has 2 aromatic heterocycles. The van der Waals surface area contributed by atoms with Crippen molar-refractivity contribution in [3.63, 3.8) is 0 Å². The normalized spacial score (nSPS) is 20.8. The average molecular weight is 441 g/mol. The molecule has 3 heterocycles. The summed E-state index contributed by atoms with van der Waals surface area (Å²) in [7, 11) is 2.56. The molecule has 1 aliphatic carbocycles. The van der Waals surface area contributed by atoms with E-state index in [2.05, 4.69) is 45.1 Å². The maximum atomic E-state index is 13.3. The number of nitrogens with zero attached hydrogens (tertiary/aromatic N) is 2. The quantitative estimate of drug-likeness (QED) is 0.406. The Bertz CT molecular complexity index is 1520. The lowest BCUT2D eigenvalue weighted by Gasteiger charge is -2.17. The van der Waals surface area contributed by atoms with Gasteiger partial charge in [-0.1, -0.05) is 44.4 Å². The van der Waals surface area contributed by atoms with Gasteiger partial charge >= 0.3 is 0 Å². The van der Waals surface area contributed by atoms with E-state index in [1.54, 1.807) is 4.67 Å². The van der Waals surface area contributed by atoms with Gasteiger partial charge in [0.15, 0.2) is 5.78 Å². The predicted molar refractivity (Wildman–Crippen MR) is 134 cm³/mol. The summed E-state index contributed by atoms with van der Waals surface area (Å²) in [5.74, 6) is 0.586. The van der Waals surface area contributed by atoms with Crippen LogP contribution in [0.1, 0.15) is 53.0 Å². The molecular formula is C26H24N3O2P. The van der Waals surface area contributed by atoms with E-state index in [0.29, 0.717) is 18.9 Å². The molecule has 1 aliphatic heterocycles. The van der Waals surface area contributed by atoms with Gasteiger partial charge in [-0.25, -0.2) is 0 Å². The molecule has 1 saturated carbocycles. The summed E-state index contributed by atoms with van der Waals surface area (Å²) in [6.45, 7) is 10.8. The number of rotatable bonds is 3. The number of amides is 1. The van der Waals surface area contributed by atoms with Gasteiger partial charge in [-0.3, -0.25) is 9.59 Å². The zero-order valence-electron chi connectivity index (χ0n) is 17.9. The zero-order chi connectivity index (χ0) is 22.3. The summed E-state index contributed by atoms with van der Waals surface area (Å²) in [4.78, 5) is 30.0. The largest absolute Gasteiger partial charge is 0.353 e. The number of para-hydroxylation sites is 1. The van der Waals surface area contributed by atoms with Crippen LogP contribution in [0, 0.1) is 5.92 Å². The first kappa shape index (κ1) is 19.5. The molecule has 5 nitrogen and oxygen atoms in total. The topological polar surface area (TPSA) is 58.1 Å². The highest BCUT2D eigenvalue weighted by Crippen LogP contribution is 2.47. The molecule has 32 heavy (non-hydrogen) atoms. The van der Waals surface area contributed by atoms with Gasteiger partial charge in [-0.05, 0) is 39.4 Å². The number of fused-ring (bicyclic) bond motifs is 8. The second kappa shape index (κ2) is 6.66. The van der Waals surface area contributed by atoms with Gasteiger partial charge in [0, 0.05) is 39.4 Å². The van der Waals surface area contributed by atoms with Crippen LogP contribution in [0.4, 0.5) is 0 Å². The van der Waals surface area contributed by atoms with Gasteiger partial charge in [-0.2, -0.15) is 0 Å². The zero-order valence-corrected chi connectivity index (χ0v) is 19.1. The Kier molecular flexibility index (Phi) is 4.06. The predicted octanol–water partition coefficient (Wildman–Crippen LogP) is 5.85. The number of carbonyl (C=O) groups is 2. The average Bonchev–Trinajstić information content (AvgIpc) is 3.48. The van der Waals surface area contributed by atoms with Crippen LogP contribution < -0.4 is 0 Å². The number of aromatic nitrogens is 2. The summed E-state index contributed by atoms with van der Waals surface area (Å²) in [6, 6.07) is 7.83. The lowest BCUT2D eigenvalue weighted by atomic mass is 9.96. The first-order valence-corrected chi connectivity index (χ1v) is 11.4. The second-order valence-corrected chi connectivity index (χ2v) is 9.66. The first-order chi connectivity index (χ1) is 15.5. The van der Waals surface area contributed by atoms with E-state index in [1.807, 2.05) is 30.4 Å². The Morgan fingerprint density at radius 1 is 1.16 bits per heavy atom. The van der Waals surface area contributed by atoms with E-state index >= 15 is 0 Å². The molecule has 4 aromatic rings. The van der Waals surface area contributed by atoms with Gasteiger partial charge in [0.05, 0.1) is 29.2 Å². The molecular weight excluding hydrogens is 417 g/mol. The van der Waals surface area contributed by atoms with E-state index in [9.17, 15) is 9.59 Å². The van der Waals surface area contributed by atoms with Crippen LogP contribution >= 0.6 is 9.39 Å². The van der Waals surface area contributed by atoms with Crippen molar-refractivity contribution in [3.8, 4) is 0 Å². The molecule has 0 saturated heterocycles.